The second-order valence-corrected chi connectivity index (χ2v) is 8.17. The summed E-state index contributed by atoms with van der Waals surface area (Å²) in [4.78, 5) is 4.87. The molecule has 0 radical (unpaired) electrons. The molecule has 2 fully saturated rings. The third-order valence-electron chi connectivity index (χ3n) is 6.13. The smallest absolute Gasteiger partial charge is 0.146 e. The van der Waals surface area contributed by atoms with Crippen LogP contribution < -0.4 is 4.90 Å². The van der Waals surface area contributed by atoms with Crippen LogP contribution in [0, 0.1) is 5.82 Å². The summed E-state index contributed by atoms with van der Waals surface area (Å²) in [5.41, 5.74) is 3.43. The van der Waals surface area contributed by atoms with Crippen LogP contribution in [0.15, 0.2) is 48.5 Å². The average molecular weight is 439 g/mol. The Bertz CT molecular complexity index is 743. The fourth-order valence-electron chi connectivity index (χ4n) is 4.71. The molecule has 1 saturated heterocycles. The quantitative estimate of drug-likeness (QED) is 0.500. The molecule has 4 rings (SSSR count). The van der Waals surface area contributed by atoms with E-state index < -0.39 is 0 Å². The van der Waals surface area contributed by atoms with E-state index in [9.17, 15) is 4.39 Å². The molecule has 5 heteroatoms. The van der Waals surface area contributed by atoms with Crippen molar-refractivity contribution < 1.29 is 4.39 Å². The van der Waals surface area contributed by atoms with Crippen LogP contribution >= 0.6 is 24.8 Å². The number of piperidine rings is 1. The molecule has 2 nitrogen and oxygen atoms in total. The minimum atomic E-state index is -0.103. The Kier molecular flexibility index (Phi) is 9.74. The summed E-state index contributed by atoms with van der Waals surface area (Å²) in [7, 11) is 0. The van der Waals surface area contributed by atoms with Gasteiger partial charge >= 0.3 is 0 Å². The van der Waals surface area contributed by atoms with Gasteiger partial charge in [-0.3, -0.25) is 4.90 Å². The second kappa shape index (κ2) is 11.8. The highest BCUT2D eigenvalue weighted by Crippen LogP contribution is 2.31. The zero-order chi connectivity index (χ0) is 18.5. The third-order valence-corrected chi connectivity index (χ3v) is 6.13. The van der Waals surface area contributed by atoms with Crippen molar-refractivity contribution in [2.24, 2.45) is 0 Å². The van der Waals surface area contributed by atoms with Crippen molar-refractivity contribution in [3.8, 4) is 0 Å². The summed E-state index contributed by atoms with van der Waals surface area (Å²) < 4.78 is 14.5. The van der Waals surface area contributed by atoms with Crippen molar-refractivity contribution in [1.29, 1.82) is 0 Å². The highest BCUT2D eigenvalue weighted by molar-refractivity contribution is 5.85. The van der Waals surface area contributed by atoms with E-state index in [4.69, 9.17) is 0 Å². The number of hydrogen-bond donors (Lipinski definition) is 0. The first-order valence-electron chi connectivity index (χ1n) is 10.6. The molecule has 0 aromatic heterocycles. The maximum Gasteiger partial charge on any atom is 0.146 e. The van der Waals surface area contributed by atoms with Crippen molar-refractivity contribution in [2.45, 2.75) is 64.1 Å². The van der Waals surface area contributed by atoms with Crippen LogP contribution in [0.25, 0.3) is 0 Å². The molecular weight excluding hydrogens is 406 g/mol. The van der Waals surface area contributed by atoms with E-state index in [-0.39, 0.29) is 30.6 Å². The van der Waals surface area contributed by atoms with Gasteiger partial charge in [0.1, 0.15) is 5.82 Å². The highest BCUT2D eigenvalue weighted by atomic mass is 35.5. The van der Waals surface area contributed by atoms with Gasteiger partial charge in [0, 0.05) is 19.1 Å². The van der Waals surface area contributed by atoms with Crippen molar-refractivity contribution in [2.75, 3.05) is 18.0 Å². The summed E-state index contributed by atoms with van der Waals surface area (Å²) in [5.74, 6) is -0.103. The lowest BCUT2D eigenvalue weighted by Gasteiger charge is -2.32. The zero-order valence-electron chi connectivity index (χ0n) is 17.1. The van der Waals surface area contributed by atoms with E-state index in [2.05, 4.69) is 34.1 Å². The molecule has 1 aliphatic carbocycles. The molecule has 1 heterocycles. The Morgan fingerprint density at radius 2 is 1.52 bits per heavy atom. The van der Waals surface area contributed by atoms with E-state index in [0.29, 0.717) is 6.04 Å². The lowest BCUT2D eigenvalue weighted by molar-refractivity contribution is 0.221. The largest absolute Gasteiger partial charge is 0.362 e. The minimum Gasteiger partial charge on any atom is -0.362 e. The number of rotatable bonds is 6. The molecule has 29 heavy (non-hydrogen) atoms. The van der Waals surface area contributed by atoms with Crippen LogP contribution in [-0.2, 0) is 13.1 Å². The Hall–Kier alpha value is -1.29. The monoisotopic (exact) mass is 438 g/mol. The van der Waals surface area contributed by atoms with Crippen LogP contribution in [0.2, 0.25) is 0 Å². The van der Waals surface area contributed by atoms with Gasteiger partial charge in [0.05, 0.1) is 5.69 Å². The van der Waals surface area contributed by atoms with Crippen LogP contribution in [0.4, 0.5) is 10.1 Å². The molecule has 0 unspecified atom stereocenters. The molecule has 0 amide bonds. The van der Waals surface area contributed by atoms with Gasteiger partial charge in [-0.2, -0.15) is 0 Å². The van der Waals surface area contributed by atoms with Crippen molar-refractivity contribution in [3.05, 3.63) is 65.5 Å². The van der Waals surface area contributed by atoms with E-state index in [0.717, 1.165) is 18.8 Å². The Balaban J connectivity index is 0.00000150. The predicted molar refractivity (Wildman–Crippen MR) is 125 cm³/mol. The van der Waals surface area contributed by atoms with Gasteiger partial charge in [0.25, 0.3) is 0 Å². The maximum atomic E-state index is 14.5. The van der Waals surface area contributed by atoms with E-state index >= 15 is 0 Å². The van der Waals surface area contributed by atoms with Crippen LogP contribution in [0.1, 0.15) is 56.1 Å². The number of benzene rings is 2. The zero-order valence-corrected chi connectivity index (χ0v) is 18.7. The standard InChI is InChI=1S/C24H31FN2.2ClH/c25-23-13-4-5-14-24(23)27(22-11-2-3-12-22)19-21-10-8-9-20(17-21)18-26-15-6-1-7-16-26;;/h4-5,8-10,13-14,17,22H,1-3,6-7,11-12,15-16,18-19H2;2*1H. The number of anilines is 1. The summed E-state index contributed by atoms with van der Waals surface area (Å²) in [6.07, 6.45) is 8.86. The van der Waals surface area contributed by atoms with E-state index in [1.807, 2.05) is 12.1 Å². The van der Waals surface area contributed by atoms with Gasteiger partial charge in [-0.25, -0.2) is 4.39 Å². The average Bonchev–Trinajstić information content (AvgIpc) is 3.22. The Morgan fingerprint density at radius 1 is 0.828 bits per heavy atom. The topological polar surface area (TPSA) is 6.48 Å². The fourth-order valence-corrected chi connectivity index (χ4v) is 4.71. The van der Waals surface area contributed by atoms with Gasteiger partial charge in [-0.1, -0.05) is 55.7 Å². The number of hydrogen-bond acceptors (Lipinski definition) is 2. The normalized spacial score (nSPS) is 17.4. The third kappa shape index (κ3) is 6.34. The van der Waals surface area contributed by atoms with Gasteiger partial charge in [-0.05, 0) is 62.0 Å². The van der Waals surface area contributed by atoms with Crippen LogP contribution in [0.3, 0.4) is 0 Å². The van der Waals surface area contributed by atoms with E-state index in [1.165, 1.54) is 69.2 Å². The molecule has 2 aromatic carbocycles. The number of likely N-dealkylation sites (tertiary alicyclic amines) is 1. The number of nitrogens with zero attached hydrogens (tertiary/aromatic N) is 2. The Labute approximate surface area is 187 Å². The van der Waals surface area contributed by atoms with Crippen molar-refractivity contribution in [3.63, 3.8) is 0 Å². The summed E-state index contributed by atoms with van der Waals surface area (Å²) in [5, 5.41) is 0. The molecule has 160 valence electrons. The number of halogens is 3. The SMILES string of the molecule is Cl.Cl.Fc1ccccc1N(Cc1cccc(CN2CCCCC2)c1)C1CCCC1. The van der Waals surface area contributed by atoms with Gasteiger partial charge in [-0.15, -0.1) is 24.8 Å². The fraction of sp³-hybridized carbons (Fsp3) is 0.500. The van der Waals surface area contributed by atoms with Gasteiger partial charge in [0.15, 0.2) is 0 Å². The van der Waals surface area contributed by atoms with E-state index in [1.54, 1.807) is 12.1 Å². The first kappa shape index (κ1) is 24.0. The molecule has 1 aliphatic heterocycles. The van der Waals surface area contributed by atoms with Gasteiger partial charge in [0.2, 0.25) is 0 Å². The van der Waals surface area contributed by atoms with Crippen LogP contribution in [0.5, 0.6) is 0 Å². The Morgan fingerprint density at radius 3 is 2.24 bits per heavy atom. The predicted octanol–water partition coefficient (Wildman–Crippen LogP) is 6.60. The first-order valence-corrected chi connectivity index (χ1v) is 10.6. The molecule has 0 N–H and O–H groups in total. The molecule has 2 aliphatic rings. The molecule has 2 aromatic rings. The van der Waals surface area contributed by atoms with Crippen molar-refractivity contribution >= 4 is 30.5 Å². The summed E-state index contributed by atoms with van der Waals surface area (Å²) >= 11 is 0. The number of para-hydroxylation sites is 1. The second-order valence-electron chi connectivity index (χ2n) is 8.17. The van der Waals surface area contributed by atoms with Crippen molar-refractivity contribution in [1.82, 2.24) is 4.90 Å². The highest BCUT2D eigenvalue weighted by Gasteiger charge is 2.25. The molecular formula is C24H33Cl2FN2. The molecule has 0 spiro atoms. The minimum absolute atomic E-state index is 0. The summed E-state index contributed by atoms with van der Waals surface area (Å²) in [6.45, 7) is 4.26. The van der Waals surface area contributed by atoms with Crippen LogP contribution in [-0.4, -0.2) is 24.0 Å². The van der Waals surface area contributed by atoms with Gasteiger partial charge < -0.3 is 4.90 Å². The molecule has 1 saturated carbocycles. The first-order chi connectivity index (χ1) is 13.3. The lowest BCUT2D eigenvalue weighted by atomic mass is 10.1. The molecule has 0 atom stereocenters. The molecule has 0 bridgehead atoms. The summed E-state index contributed by atoms with van der Waals surface area (Å²) in [6, 6.07) is 16.6. The maximum absolute atomic E-state index is 14.5. The lowest BCUT2D eigenvalue weighted by Crippen LogP contribution is -2.33.